The van der Waals surface area contributed by atoms with Crippen LogP contribution in [-0.4, -0.2) is 39.2 Å². The number of carbonyl (C=O) groups is 1. The van der Waals surface area contributed by atoms with Crippen LogP contribution in [0.15, 0.2) is 77.2 Å². The number of aromatic nitrogens is 1. The van der Waals surface area contributed by atoms with Crippen LogP contribution in [0.25, 0.3) is 22.7 Å². The maximum absolute atomic E-state index is 13.7. The number of allylic oxidation sites excluding steroid dienone is 3. The minimum absolute atomic E-state index is 0.203. The van der Waals surface area contributed by atoms with E-state index in [9.17, 15) is 4.79 Å². The van der Waals surface area contributed by atoms with Crippen molar-refractivity contribution in [2.24, 2.45) is 0 Å². The van der Waals surface area contributed by atoms with Crippen molar-refractivity contribution in [1.29, 1.82) is 0 Å². The van der Waals surface area contributed by atoms with Gasteiger partial charge in [-0.25, -0.2) is 4.98 Å². The lowest BCUT2D eigenvalue weighted by molar-refractivity contribution is 0.105. The molecule has 0 bridgehead atoms. The van der Waals surface area contributed by atoms with E-state index in [4.69, 9.17) is 23.4 Å². The van der Waals surface area contributed by atoms with Gasteiger partial charge in [-0.2, -0.15) is 0 Å². The molecule has 35 heavy (non-hydrogen) atoms. The first-order valence-electron chi connectivity index (χ1n) is 10.8. The second-order valence-corrected chi connectivity index (χ2v) is 7.41. The summed E-state index contributed by atoms with van der Waals surface area (Å²) in [4.78, 5) is 18.3. The number of fused-ring (bicyclic) bond motifs is 1. The van der Waals surface area contributed by atoms with Gasteiger partial charge in [-0.05, 0) is 36.4 Å². The first kappa shape index (κ1) is 23.6. The van der Waals surface area contributed by atoms with Gasteiger partial charge in [-0.15, -0.1) is 0 Å². The molecule has 0 radical (unpaired) electrons. The number of carbonyl (C=O) groups excluding carboxylic acids is 1. The molecule has 0 N–H and O–H groups in total. The van der Waals surface area contributed by atoms with Gasteiger partial charge in [-0.1, -0.05) is 42.5 Å². The minimum atomic E-state index is -0.319. The average molecular weight is 472 g/mol. The molecule has 1 heterocycles. The lowest BCUT2D eigenvalue weighted by Gasteiger charge is -2.14. The summed E-state index contributed by atoms with van der Waals surface area (Å²) in [7, 11) is 6.12. The normalized spacial score (nSPS) is 11.6. The predicted molar refractivity (Wildman–Crippen MR) is 134 cm³/mol. The highest BCUT2D eigenvalue weighted by atomic mass is 16.5. The van der Waals surface area contributed by atoms with Crippen LogP contribution in [0.4, 0.5) is 0 Å². The Bertz CT molecular complexity index is 1360. The lowest BCUT2D eigenvalue weighted by Crippen LogP contribution is -2.05. The Hall–Kier alpha value is -4.52. The van der Waals surface area contributed by atoms with E-state index >= 15 is 0 Å². The summed E-state index contributed by atoms with van der Waals surface area (Å²) >= 11 is 0. The zero-order chi connectivity index (χ0) is 24.8. The number of hydrogen-bond acceptors (Lipinski definition) is 7. The standard InChI is InChI=1S/C28H25NO6/c1-31-22-14-7-5-10-18(22)11-9-12-20(28-29-21-13-6-8-15-23(21)35-28)26(30)19-16-24(32-2)27(34-4)25(17-19)33-3/h5-17H,1-4H3. The number of methoxy groups -OCH3 is 4. The molecule has 178 valence electrons. The number of hydrogen-bond donors (Lipinski definition) is 0. The summed E-state index contributed by atoms with van der Waals surface area (Å²) < 4.78 is 27.6. The number of rotatable bonds is 9. The quantitative estimate of drug-likeness (QED) is 0.172. The topological polar surface area (TPSA) is 80.0 Å². The van der Waals surface area contributed by atoms with Crippen molar-refractivity contribution in [2.75, 3.05) is 28.4 Å². The molecule has 7 nitrogen and oxygen atoms in total. The number of ketones is 1. The number of Topliss-reactive ketones (excluding diaryl/α,β-unsaturated/α-hetero) is 1. The highest BCUT2D eigenvalue weighted by molar-refractivity contribution is 6.28. The first-order valence-corrected chi connectivity index (χ1v) is 10.8. The number of ether oxygens (including phenoxy) is 4. The summed E-state index contributed by atoms with van der Waals surface area (Å²) in [6.07, 6.45) is 5.28. The molecule has 0 aliphatic rings. The molecule has 4 aromatic rings. The SMILES string of the molecule is COc1ccccc1C=CC=C(C(=O)c1cc(OC)c(OC)c(OC)c1)c1nc2ccccc2o1. The summed E-state index contributed by atoms with van der Waals surface area (Å²) in [5.41, 5.74) is 2.70. The molecule has 3 aromatic carbocycles. The van der Waals surface area contributed by atoms with Gasteiger partial charge >= 0.3 is 0 Å². The van der Waals surface area contributed by atoms with E-state index in [1.807, 2.05) is 48.5 Å². The van der Waals surface area contributed by atoms with Gasteiger partial charge in [0, 0.05) is 11.1 Å². The number of nitrogens with zero attached hydrogens (tertiary/aromatic N) is 1. The van der Waals surface area contributed by atoms with Crippen LogP contribution in [0, 0.1) is 0 Å². The summed E-state index contributed by atoms with van der Waals surface area (Å²) in [5.74, 6) is 1.75. The molecular formula is C28H25NO6. The van der Waals surface area contributed by atoms with E-state index in [2.05, 4.69) is 4.98 Å². The molecular weight excluding hydrogens is 446 g/mol. The number of benzene rings is 3. The van der Waals surface area contributed by atoms with Gasteiger partial charge in [-0.3, -0.25) is 4.79 Å². The van der Waals surface area contributed by atoms with E-state index in [-0.39, 0.29) is 17.2 Å². The summed E-state index contributed by atoms with van der Waals surface area (Å²) in [6.45, 7) is 0. The van der Waals surface area contributed by atoms with Crippen LogP contribution in [0.1, 0.15) is 21.8 Å². The number of para-hydroxylation sites is 3. The Morgan fingerprint density at radius 3 is 2.14 bits per heavy atom. The van der Waals surface area contributed by atoms with Crippen molar-refractivity contribution in [2.45, 2.75) is 0 Å². The van der Waals surface area contributed by atoms with Gasteiger partial charge in [0.2, 0.25) is 11.6 Å². The molecule has 0 atom stereocenters. The monoisotopic (exact) mass is 471 g/mol. The Morgan fingerprint density at radius 1 is 0.829 bits per heavy atom. The van der Waals surface area contributed by atoms with Crippen LogP contribution in [0.5, 0.6) is 23.0 Å². The van der Waals surface area contributed by atoms with E-state index in [1.54, 1.807) is 37.5 Å². The summed E-state index contributed by atoms with van der Waals surface area (Å²) in [6, 6.07) is 18.1. The van der Waals surface area contributed by atoms with Crippen molar-refractivity contribution < 1.29 is 28.2 Å². The van der Waals surface area contributed by atoms with Gasteiger partial charge in [0.25, 0.3) is 0 Å². The van der Waals surface area contributed by atoms with Gasteiger partial charge in [0.05, 0.1) is 34.0 Å². The molecule has 0 aliphatic carbocycles. The van der Waals surface area contributed by atoms with Crippen LogP contribution >= 0.6 is 0 Å². The first-order chi connectivity index (χ1) is 17.1. The van der Waals surface area contributed by atoms with E-state index in [0.717, 1.165) is 11.3 Å². The third-order valence-corrected chi connectivity index (χ3v) is 5.37. The maximum Gasteiger partial charge on any atom is 0.231 e. The van der Waals surface area contributed by atoms with Crippen molar-refractivity contribution in [3.8, 4) is 23.0 Å². The average Bonchev–Trinajstić information content (AvgIpc) is 3.34. The molecule has 0 unspecified atom stereocenters. The van der Waals surface area contributed by atoms with Gasteiger partial charge < -0.3 is 23.4 Å². The smallest absolute Gasteiger partial charge is 0.231 e. The Labute approximate surface area is 203 Å². The van der Waals surface area contributed by atoms with E-state index < -0.39 is 0 Å². The second kappa shape index (κ2) is 10.6. The summed E-state index contributed by atoms with van der Waals surface area (Å²) in [5, 5.41) is 0. The molecule has 0 aliphatic heterocycles. The van der Waals surface area contributed by atoms with Crippen molar-refractivity contribution >= 4 is 28.5 Å². The van der Waals surface area contributed by atoms with Crippen molar-refractivity contribution in [1.82, 2.24) is 4.98 Å². The molecule has 1 aromatic heterocycles. The maximum atomic E-state index is 13.7. The third-order valence-electron chi connectivity index (χ3n) is 5.37. The highest BCUT2D eigenvalue weighted by Gasteiger charge is 2.23. The fourth-order valence-corrected chi connectivity index (χ4v) is 3.65. The van der Waals surface area contributed by atoms with Crippen LogP contribution < -0.4 is 18.9 Å². The van der Waals surface area contributed by atoms with Crippen LogP contribution in [0.3, 0.4) is 0 Å². The zero-order valence-corrected chi connectivity index (χ0v) is 19.9. The van der Waals surface area contributed by atoms with Crippen LogP contribution in [0.2, 0.25) is 0 Å². The van der Waals surface area contributed by atoms with Gasteiger partial charge in [0.1, 0.15) is 11.3 Å². The molecule has 7 heteroatoms. The Morgan fingerprint density at radius 2 is 1.49 bits per heavy atom. The van der Waals surface area contributed by atoms with Crippen molar-refractivity contribution in [3.63, 3.8) is 0 Å². The minimum Gasteiger partial charge on any atom is -0.496 e. The fraction of sp³-hybridized carbons (Fsp3) is 0.143. The third kappa shape index (κ3) is 4.89. The largest absolute Gasteiger partial charge is 0.496 e. The number of oxazole rings is 1. The molecule has 0 fully saturated rings. The Balaban J connectivity index is 1.82. The lowest BCUT2D eigenvalue weighted by atomic mass is 10.0. The van der Waals surface area contributed by atoms with Crippen molar-refractivity contribution in [3.05, 3.63) is 89.8 Å². The molecule has 0 spiro atoms. The Kier molecular flexibility index (Phi) is 7.16. The fourth-order valence-electron chi connectivity index (χ4n) is 3.65. The van der Waals surface area contributed by atoms with E-state index in [0.29, 0.717) is 33.9 Å². The molecule has 0 saturated carbocycles. The molecule has 0 amide bonds. The molecule has 0 saturated heterocycles. The zero-order valence-electron chi connectivity index (χ0n) is 19.9. The van der Waals surface area contributed by atoms with E-state index in [1.165, 1.54) is 21.3 Å². The molecule has 4 rings (SSSR count). The van der Waals surface area contributed by atoms with Gasteiger partial charge in [0.15, 0.2) is 22.9 Å². The second-order valence-electron chi connectivity index (χ2n) is 7.41. The highest BCUT2D eigenvalue weighted by Crippen LogP contribution is 2.39. The predicted octanol–water partition coefficient (Wildman–Crippen LogP) is 5.84. The van der Waals surface area contributed by atoms with Crippen LogP contribution in [-0.2, 0) is 0 Å².